The van der Waals surface area contributed by atoms with E-state index in [0.717, 1.165) is 39.1 Å². The zero-order chi connectivity index (χ0) is 17.3. The Labute approximate surface area is 153 Å². The molecule has 4 nitrogen and oxygen atoms in total. The van der Waals surface area contributed by atoms with Crippen molar-refractivity contribution in [3.63, 3.8) is 0 Å². The predicted molar refractivity (Wildman–Crippen MR) is 102 cm³/mol. The molecular formula is C20H26N2O2S. The molecule has 0 bridgehead atoms. The van der Waals surface area contributed by atoms with E-state index in [1.54, 1.807) is 11.3 Å². The van der Waals surface area contributed by atoms with E-state index in [4.69, 9.17) is 4.74 Å². The first-order valence-electron chi connectivity index (χ1n) is 8.96. The smallest absolute Gasteiger partial charge is 0.220 e. The lowest BCUT2D eigenvalue weighted by Gasteiger charge is -2.33. The summed E-state index contributed by atoms with van der Waals surface area (Å²) in [6.45, 7) is 4.08. The fourth-order valence-corrected chi connectivity index (χ4v) is 3.83. The van der Waals surface area contributed by atoms with Crippen molar-refractivity contribution in [3.05, 3.63) is 58.3 Å². The van der Waals surface area contributed by atoms with Crippen LogP contribution in [0.15, 0.2) is 47.8 Å². The molecule has 1 aliphatic heterocycles. The highest BCUT2D eigenvalue weighted by atomic mass is 32.1. The van der Waals surface area contributed by atoms with Crippen molar-refractivity contribution in [2.24, 2.45) is 0 Å². The van der Waals surface area contributed by atoms with Crippen molar-refractivity contribution in [2.45, 2.75) is 31.9 Å². The monoisotopic (exact) mass is 358 g/mol. The average molecular weight is 359 g/mol. The summed E-state index contributed by atoms with van der Waals surface area (Å²) < 4.78 is 5.80. The summed E-state index contributed by atoms with van der Waals surface area (Å²) >= 11 is 1.75. The molecule has 1 amide bonds. The van der Waals surface area contributed by atoms with Crippen molar-refractivity contribution >= 4 is 17.2 Å². The van der Waals surface area contributed by atoms with Gasteiger partial charge in [-0.15, -0.1) is 11.3 Å². The maximum absolute atomic E-state index is 12.0. The van der Waals surface area contributed by atoms with E-state index in [-0.39, 0.29) is 12.0 Å². The minimum absolute atomic E-state index is 0.0821. The molecule has 0 spiro atoms. The lowest BCUT2D eigenvalue weighted by molar-refractivity contribution is -0.122. The van der Waals surface area contributed by atoms with Crippen LogP contribution in [0.25, 0.3) is 0 Å². The number of hydrogen-bond donors (Lipinski definition) is 1. The molecule has 0 aliphatic carbocycles. The van der Waals surface area contributed by atoms with Gasteiger partial charge in [0.1, 0.15) is 0 Å². The second-order valence-corrected chi connectivity index (χ2v) is 7.48. The van der Waals surface area contributed by atoms with Crippen LogP contribution in [0.5, 0.6) is 0 Å². The van der Waals surface area contributed by atoms with Crippen LogP contribution in [0.4, 0.5) is 0 Å². The summed E-state index contributed by atoms with van der Waals surface area (Å²) in [5.74, 6) is 0.125. The van der Waals surface area contributed by atoms with Crippen LogP contribution < -0.4 is 5.32 Å². The summed E-state index contributed by atoms with van der Waals surface area (Å²) in [5, 5.41) is 5.11. The molecule has 1 unspecified atom stereocenters. The number of benzene rings is 1. The lowest BCUT2D eigenvalue weighted by Crippen LogP contribution is -2.47. The summed E-state index contributed by atoms with van der Waals surface area (Å²) in [6.07, 6.45) is 2.55. The third-order valence-electron chi connectivity index (χ3n) is 4.41. The number of ether oxygens (including phenoxy) is 1. The van der Waals surface area contributed by atoms with E-state index in [9.17, 15) is 4.79 Å². The Morgan fingerprint density at radius 2 is 2.12 bits per heavy atom. The number of aryl methyl sites for hydroxylation is 1. The van der Waals surface area contributed by atoms with E-state index >= 15 is 0 Å². The van der Waals surface area contributed by atoms with E-state index in [1.807, 2.05) is 6.07 Å². The van der Waals surface area contributed by atoms with E-state index in [2.05, 4.69) is 52.0 Å². The van der Waals surface area contributed by atoms with Crippen molar-refractivity contribution in [1.82, 2.24) is 10.2 Å². The third kappa shape index (κ3) is 6.27. The molecule has 0 saturated carbocycles. The van der Waals surface area contributed by atoms with Gasteiger partial charge >= 0.3 is 0 Å². The van der Waals surface area contributed by atoms with E-state index < -0.39 is 0 Å². The van der Waals surface area contributed by atoms with Crippen LogP contribution in [0, 0.1) is 0 Å². The standard InChI is InChI=1S/C20H26N2O2S/c23-20(10-4-8-19-9-5-13-25-19)21-14-18-16-22(11-12-24-18)15-17-6-2-1-3-7-17/h1-3,5-7,9,13,18H,4,8,10-12,14-16H2,(H,21,23). The Morgan fingerprint density at radius 1 is 1.24 bits per heavy atom. The molecule has 1 aromatic heterocycles. The van der Waals surface area contributed by atoms with Crippen molar-refractivity contribution in [1.29, 1.82) is 0 Å². The Bertz CT molecular complexity index is 630. The van der Waals surface area contributed by atoms with Crippen molar-refractivity contribution < 1.29 is 9.53 Å². The molecule has 1 fully saturated rings. The van der Waals surface area contributed by atoms with Gasteiger partial charge in [0.15, 0.2) is 0 Å². The van der Waals surface area contributed by atoms with Gasteiger partial charge in [-0.2, -0.15) is 0 Å². The quantitative estimate of drug-likeness (QED) is 0.788. The van der Waals surface area contributed by atoms with Gasteiger partial charge in [-0.05, 0) is 29.9 Å². The number of nitrogens with one attached hydrogen (secondary N) is 1. The molecule has 1 atom stereocenters. The molecule has 1 aliphatic rings. The molecule has 0 radical (unpaired) electrons. The Balaban J connectivity index is 1.34. The minimum Gasteiger partial charge on any atom is -0.374 e. The highest BCUT2D eigenvalue weighted by Gasteiger charge is 2.20. The molecule has 2 heterocycles. The van der Waals surface area contributed by atoms with Gasteiger partial charge in [-0.1, -0.05) is 36.4 Å². The molecule has 134 valence electrons. The van der Waals surface area contributed by atoms with Crippen LogP contribution in [-0.2, 0) is 22.5 Å². The van der Waals surface area contributed by atoms with Crippen LogP contribution in [0.1, 0.15) is 23.3 Å². The van der Waals surface area contributed by atoms with Gasteiger partial charge in [-0.25, -0.2) is 0 Å². The average Bonchev–Trinajstić information content (AvgIpc) is 3.15. The number of thiophene rings is 1. The molecule has 3 rings (SSSR count). The molecule has 2 aromatic rings. The topological polar surface area (TPSA) is 41.6 Å². The number of carbonyl (C=O) groups excluding carboxylic acids is 1. The second-order valence-electron chi connectivity index (χ2n) is 6.45. The fourth-order valence-electron chi connectivity index (χ4n) is 3.08. The number of nitrogens with zero attached hydrogens (tertiary/aromatic N) is 1. The Hall–Kier alpha value is -1.69. The van der Waals surface area contributed by atoms with Crippen LogP contribution in [-0.4, -0.2) is 43.2 Å². The second kappa shape index (κ2) is 9.70. The number of hydrogen-bond acceptors (Lipinski definition) is 4. The zero-order valence-electron chi connectivity index (χ0n) is 14.5. The van der Waals surface area contributed by atoms with Gasteiger partial charge in [0.25, 0.3) is 0 Å². The Morgan fingerprint density at radius 3 is 2.92 bits per heavy atom. The summed E-state index contributed by atoms with van der Waals surface area (Å²) in [5.41, 5.74) is 1.32. The highest BCUT2D eigenvalue weighted by molar-refractivity contribution is 7.09. The normalized spacial score (nSPS) is 18.2. The molecule has 1 N–H and O–H groups in total. The van der Waals surface area contributed by atoms with Gasteiger partial charge < -0.3 is 10.1 Å². The van der Waals surface area contributed by atoms with E-state index in [1.165, 1.54) is 10.4 Å². The first kappa shape index (κ1) is 18.1. The first-order chi connectivity index (χ1) is 12.3. The number of rotatable bonds is 8. The Kier molecular flexibility index (Phi) is 7.03. The van der Waals surface area contributed by atoms with Gasteiger partial charge in [-0.3, -0.25) is 9.69 Å². The zero-order valence-corrected chi connectivity index (χ0v) is 15.3. The van der Waals surface area contributed by atoms with Gasteiger partial charge in [0.2, 0.25) is 5.91 Å². The maximum Gasteiger partial charge on any atom is 0.220 e. The molecular weight excluding hydrogens is 332 g/mol. The predicted octanol–water partition coefficient (Wildman–Crippen LogP) is 3.09. The van der Waals surface area contributed by atoms with Crippen LogP contribution >= 0.6 is 11.3 Å². The maximum atomic E-state index is 12.0. The number of amides is 1. The highest BCUT2D eigenvalue weighted by Crippen LogP contribution is 2.12. The number of morpholine rings is 1. The van der Waals surface area contributed by atoms with Gasteiger partial charge in [0, 0.05) is 37.5 Å². The number of carbonyl (C=O) groups is 1. The lowest BCUT2D eigenvalue weighted by atomic mass is 10.2. The largest absolute Gasteiger partial charge is 0.374 e. The van der Waals surface area contributed by atoms with Crippen molar-refractivity contribution in [2.75, 3.05) is 26.2 Å². The molecule has 25 heavy (non-hydrogen) atoms. The molecule has 5 heteroatoms. The summed E-state index contributed by atoms with van der Waals surface area (Å²) in [6, 6.07) is 14.7. The van der Waals surface area contributed by atoms with Crippen molar-refractivity contribution in [3.8, 4) is 0 Å². The molecule has 1 saturated heterocycles. The third-order valence-corrected chi connectivity index (χ3v) is 5.34. The van der Waals surface area contributed by atoms with Gasteiger partial charge in [0.05, 0.1) is 12.7 Å². The van der Waals surface area contributed by atoms with Crippen LogP contribution in [0.2, 0.25) is 0 Å². The first-order valence-corrected chi connectivity index (χ1v) is 9.84. The van der Waals surface area contributed by atoms with E-state index in [0.29, 0.717) is 13.0 Å². The van der Waals surface area contributed by atoms with Crippen LogP contribution in [0.3, 0.4) is 0 Å². The minimum atomic E-state index is 0.0821. The summed E-state index contributed by atoms with van der Waals surface area (Å²) in [7, 11) is 0. The SMILES string of the molecule is O=C(CCCc1cccs1)NCC1CN(Cc2ccccc2)CCO1. The molecule has 1 aromatic carbocycles. The summed E-state index contributed by atoms with van der Waals surface area (Å²) in [4.78, 5) is 15.8. The fraction of sp³-hybridized carbons (Fsp3) is 0.450.